The number of aromatic nitrogens is 1. The summed E-state index contributed by atoms with van der Waals surface area (Å²) >= 11 is 3.38. The summed E-state index contributed by atoms with van der Waals surface area (Å²) in [5.74, 6) is 1.44. The van der Waals surface area contributed by atoms with Crippen molar-refractivity contribution in [2.45, 2.75) is 27.1 Å². The number of oxime groups is 1. The van der Waals surface area contributed by atoms with E-state index < -0.39 is 5.97 Å². The lowest BCUT2D eigenvalue weighted by molar-refractivity contribution is -0.135. The fourth-order valence-electron chi connectivity index (χ4n) is 3.29. The molecule has 0 unspecified atom stereocenters. The molecule has 1 heterocycles. The molecule has 0 spiro atoms. The zero-order valence-corrected chi connectivity index (χ0v) is 21.5. The van der Waals surface area contributed by atoms with Crippen molar-refractivity contribution >= 4 is 27.6 Å². The molecule has 0 aliphatic rings. The second-order valence-electron chi connectivity index (χ2n) is 7.76. The number of hydrogen-bond donors (Lipinski definition) is 0. The highest BCUT2D eigenvalue weighted by Crippen LogP contribution is 2.23. The first kappa shape index (κ1) is 25.2. The van der Waals surface area contributed by atoms with Crippen molar-refractivity contribution < 1.29 is 23.5 Å². The van der Waals surface area contributed by atoms with Gasteiger partial charge in [0, 0.05) is 15.6 Å². The van der Waals surface area contributed by atoms with Crippen LogP contribution in [-0.2, 0) is 27.6 Å². The minimum absolute atomic E-state index is 0.113. The van der Waals surface area contributed by atoms with Gasteiger partial charge in [-0.1, -0.05) is 63.6 Å². The average Bonchev–Trinajstić information content (AvgIpc) is 3.28. The van der Waals surface area contributed by atoms with E-state index in [9.17, 15) is 4.79 Å². The van der Waals surface area contributed by atoms with Crippen molar-refractivity contribution in [3.63, 3.8) is 0 Å². The predicted octanol–water partition coefficient (Wildman–Crippen LogP) is 6.48. The first-order valence-corrected chi connectivity index (χ1v) is 12.2. The summed E-state index contributed by atoms with van der Waals surface area (Å²) in [6.07, 6.45) is 0. The number of carbonyl (C=O) groups is 1. The van der Waals surface area contributed by atoms with Crippen molar-refractivity contribution in [1.29, 1.82) is 0 Å². The smallest absolute Gasteiger partial charge is 0.361 e. The molecule has 7 nitrogen and oxygen atoms in total. The zero-order valence-electron chi connectivity index (χ0n) is 19.9. The Morgan fingerprint density at radius 2 is 1.69 bits per heavy atom. The number of aryl methyl sites for hydroxylation is 1. The zero-order chi connectivity index (χ0) is 25.3. The van der Waals surface area contributed by atoms with Gasteiger partial charge in [0.1, 0.15) is 30.4 Å². The van der Waals surface area contributed by atoms with Crippen LogP contribution >= 0.6 is 15.9 Å². The van der Waals surface area contributed by atoms with Gasteiger partial charge in [-0.3, -0.25) is 0 Å². The highest BCUT2D eigenvalue weighted by molar-refractivity contribution is 9.10. The summed E-state index contributed by atoms with van der Waals surface area (Å²) < 4.78 is 17.7. The van der Waals surface area contributed by atoms with Crippen molar-refractivity contribution in [2.75, 3.05) is 6.61 Å². The Morgan fingerprint density at radius 1 is 0.972 bits per heavy atom. The highest BCUT2D eigenvalue weighted by atomic mass is 79.9. The molecule has 4 rings (SSSR count). The van der Waals surface area contributed by atoms with E-state index in [0.717, 1.165) is 27.1 Å². The van der Waals surface area contributed by atoms with Crippen molar-refractivity contribution in [2.24, 2.45) is 5.16 Å². The number of carbonyl (C=O) groups excluding carboxylic acids is 1. The molecule has 0 atom stereocenters. The number of oxazole rings is 1. The summed E-state index contributed by atoms with van der Waals surface area (Å²) in [5, 5.41) is 4.05. The van der Waals surface area contributed by atoms with Crippen LogP contribution in [-0.4, -0.2) is 23.3 Å². The van der Waals surface area contributed by atoms with Crippen molar-refractivity contribution in [3.05, 3.63) is 106 Å². The molecule has 0 saturated heterocycles. The maximum Gasteiger partial charge on any atom is 0.361 e. The van der Waals surface area contributed by atoms with E-state index >= 15 is 0 Å². The van der Waals surface area contributed by atoms with E-state index in [4.69, 9.17) is 18.7 Å². The number of halogens is 1. The van der Waals surface area contributed by atoms with Crippen LogP contribution in [0.2, 0.25) is 0 Å². The lowest BCUT2D eigenvalue weighted by atomic mass is 10.1. The van der Waals surface area contributed by atoms with E-state index in [1.165, 1.54) is 0 Å². The quantitative estimate of drug-likeness (QED) is 0.128. The molecule has 0 radical (unpaired) electrons. The van der Waals surface area contributed by atoms with Gasteiger partial charge in [0.05, 0.1) is 6.61 Å². The van der Waals surface area contributed by atoms with Crippen LogP contribution in [0.4, 0.5) is 0 Å². The third-order valence-corrected chi connectivity index (χ3v) is 5.71. The second kappa shape index (κ2) is 12.2. The number of rotatable bonds is 10. The molecule has 1 aromatic heterocycles. The van der Waals surface area contributed by atoms with Gasteiger partial charge in [0.2, 0.25) is 5.89 Å². The third kappa shape index (κ3) is 6.60. The fraction of sp³-hybridized carbons (Fsp3) is 0.179. The van der Waals surface area contributed by atoms with Gasteiger partial charge in [-0.2, -0.15) is 0 Å². The summed E-state index contributed by atoms with van der Waals surface area (Å²) in [5.41, 5.74) is 3.26. The normalized spacial score (nSPS) is 11.2. The van der Waals surface area contributed by atoms with E-state index in [1.54, 1.807) is 19.1 Å². The lowest BCUT2D eigenvalue weighted by Gasteiger charge is -2.08. The van der Waals surface area contributed by atoms with Gasteiger partial charge < -0.3 is 18.7 Å². The topological polar surface area (TPSA) is 83.2 Å². The number of hydrogen-bond acceptors (Lipinski definition) is 7. The average molecular weight is 549 g/mol. The molecule has 3 aromatic carbocycles. The fourth-order valence-corrected chi connectivity index (χ4v) is 3.55. The largest absolute Gasteiger partial charge is 0.487 e. The minimum Gasteiger partial charge on any atom is -0.487 e. The van der Waals surface area contributed by atoms with E-state index in [-0.39, 0.29) is 18.9 Å². The van der Waals surface area contributed by atoms with Crippen LogP contribution in [0.25, 0.3) is 11.5 Å². The molecule has 0 aliphatic heterocycles. The van der Waals surface area contributed by atoms with Crippen LogP contribution in [0.1, 0.15) is 29.5 Å². The van der Waals surface area contributed by atoms with Crippen LogP contribution in [0, 0.1) is 6.92 Å². The van der Waals surface area contributed by atoms with Crippen LogP contribution in [0.5, 0.6) is 5.75 Å². The van der Waals surface area contributed by atoms with Crippen LogP contribution < -0.4 is 4.74 Å². The van der Waals surface area contributed by atoms with Crippen LogP contribution in [0.15, 0.2) is 92.9 Å². The van der Waals surface area contributed by atoms with Gasteiger partial charge in [-0.15, -0.1) is 0 Å². The van der Waals surface area contributed by atoms with E-state index in [2.05, 4.69) is 26.1 Å². The SMILES string of the molecule is CCOC(=O)C(=NOCc1ccc(OCc2nc(-c3ccccc3)oc2C)cc1)c1ccc(Br)cc1. The standard InChI is InChI=1S/C28H25BrN2O5/c1-3-33-28(32)26(21-11-13-23(29)14-12-21)31-35-17-20-9-15-24(16-10-20)34-18-25-19(2)36-27(30-25)22-7-5-4-6-8-22/h4-16H,3,17-18H2,1-2H3. The Morgan fingerprint density at radius 3 is 2.39 bits per heavy atom. The van der Waals surface area contributed by atoms with Gasteiger partial charge in [-0.25, -0.2) is 9.78 Å². The van der Waals surface area contributed by atoms with Crippen molar-refractivity contribution in [3.8, 4) is 17.2 Å². The van der Waals surface area contributed by atoms with Crippen molar-refractivity contribution in [1.82, 2.24) is 4.98 Å². The Hall–Kier alpha value is -3.91. The number of nitrogens with zero attached hydrogens (tertiary/aromatic N) is 2. The molecule has 36 heavy (non-hydrogen) atoms. The molecule has 4 aromatic rings. The molecule has 8 heteroatoms. The summed E-state index contributed by atoms with van der Waals surface area (Å²) in [4.78, 5) is 22.4. The van der Waals surface area contributed by atoms with E-state index in [0.29, 0.717) is 23.8 Å². The molecule has 0 bridgehead atoms. The summed E-state index contributed by atoms with van der Waals surface area (Å²) in [7, 11) is 0. The molecule has 0 amide bonds. The van der Waals surface area contributed by atoms with Gasteiger partial charge in [-0.05, 0) is 55.8 Å². The monoisotopic (exact) mass is 548 g/mol. The Bertz CT molecular complexity index is 1320. The molecule has 0 aliphatic carbocycles. The molecule has 0 saturated carbocycles. The minimum atomic E-state index is -0.540. The first-order valence-electron chi connectivity index (χ1n) is 11.4. The molecular weight excluding hydrogens is 524 g/mol. The third-order valence-electron chi connectivity index (χ3n) is 5.19. The van der Waals surface area contributed by atoms with Gasteiger partial charge in [0.25, 0.3) is 0 Å². The van der Waals surface area contributed by atoms with Gasteiger partial charge in [0.15, 0.2) is 5.71 Å². The predicted molar refractivity (Wildman–Crippen MR) is 140 cm³/mol. The maximum atomic E-state index is 12.3. The number of esters is 1. The first-order chi connectivity index (χ1) is 17.5. The lowest BCUT2D eigenvalue weighted by Crippen LogP contribution is -2.19. The Labute approximate surface area is 217 Å². The van der Waals surface area contributed by atoms with Crippen LogP contribution in [0.3, 0.4) is 0 Å². The number of ether oxygens (including phenoxy) is 2. The molecule has 0 fully saturated rings. The molecular formula is C28H25BrN2O5. The molecule has 0 N–H and O–H groups in total. The highest BCUT2D eigenvalue weighted by Gasteiger charge is 2.17. The van der Waals surface area contributed by atoms with Gasteiger partial charge >= 0.3 is 5.97 Å². The Balaban J connectivity index is 1.35. The number of benzene rings is 3. The summed E-state index contributed by atoms with van der Waals surface area (Å²) in [6.45, 7) is 4.34. The molecule has 184 valence electrons. The Kier molecular flexibility index (Phi) is 8.52. The maximum absolute atomic E-state index is 12.3. The second-order valence-corrected chi connectivity index (χ2v) is 8.68. The summed E-state index contributed by atoms with van der Waals surface area (Å²) in [6, 6.07) is 24.4. The van der Waals surface area contributed by atoms with E-state index in [1.807, 2.05) is 73.7 Å².